The van der Waals surface area contributed by atoms with Gasteiger partial charge in [0.2, 0.25) is 0 Å². The Balaban J connectivity index is 1.76. The lowest BCUT2D eigenvalue weighted by Gasteiger charge is -2.11. The smallest absolute Gasteiger partial charge is 0.416 e. The zero-order valence-corrected chi connectivity index (χ0v) is 14.6. The van der Waals surface area contributed by atoms with Gasteiger partial charge in [0.15, 0.2) is 6.61 Å². The Labute approximate surface area is 153 Å². The topological polar surface area (TPSA) is 79.5 Å². The van der Waals surface area contributed by atoms with E-state index in [0.717, 1.165) is 35.4 Å². The summed E-state index contributed by atoms with van der Waals surface area (Å²) in [6.45, 7) is 3.55. The summed E-state index contributed by atoms with van der Waals surface area (Å²) in [7, 11) is 0. The molecule has 144 valence electrons. The predicted molar refractivity (Wildman–Crippen MR) is 93.2 cm³/mol. The number of carbonyl (C=O) groups excluding carboxylic acids is 2. The van der Waals surface area contributed by atoms with E-state index in [4.69, 9.17) is 4.74 Å². The maximum atomic E-state index is 12.5. The molecule has 0 unspecified atom stereocenters. The van der Waals surface area contributed by atoms with Gasteiger partial charge in [-0.25, -0.2) is 10.2 Å². The van der Waals surface area contributed by atoms with Gasteiger partial charge in [0.05, 0.1) is 5.56 Å². The molecule has 6 nitrogen and oxygen atoms in total. The minimum atomic E-state index is -4.45. The lowest BCUT2D eigenvalue weighted by atomic mass is 10.1. The van der Waals surface area contributed by atoms with Gasteiger partial charge in [0.1, 0.15) is 5.75 Å². The molecule has 0 aliphatic rings. The second-order valence-corrected chi connectivity index (χ2v) is 5.74. The van der Waals surface area contributed by atoms with Crippen LogP contribution in [-0.2, 0) is 11.0 Å². The number of hydrazine groups is 1. The highest BCUT2D eigenvalue weighted by atomic mass is 19.4. The standard InChI is InChI=1S/C18H18F3N3O3/c1-11-3-8-15(9-12(11)2)27-10-16(25)23-24-17(26)22-14-6-4-13(5-7-14)18(19,20)21/h3-9H,10H2,1-2H3,(H,23,25)(H2,22,24,26). The SMILES string of the molecule is Cc1ccc(OCC(=O)NNC(=O)Nc2ccc(C(F)(F)F)cc2)cc1C. The van der Waals surface area contributed by atoms with Crippen molar-refractivity contribution < 1.29 is 27.5 Å². The fourth-order valence-corrected chi connectivity index (χ4v) is 2.02. The van der Waals surface area contributed by atoms with Crippen molar-refractivity contribution >= 4 is 17.6 Å². The Hall–Kier alpha value is -3.23. The Morgan fingerprint density at radius 3 is 2.22 bits per heavy atom. The molecule has 2 aromatic carbocycles. The summed E-state index contributed by atoms with van der Waals surface area (Å²) < 4.78 is 42.7. The largest absolute Gasteiger partial charge is 0.484 e. The van der Waals surface area contributed by atoms with E-state index in [-0.39, 0.29) is 12.3 Å². The number of hydrogen-bond acceptors (Lipinski definition) is 3. The Morgan fingerprint density at radius 2 is 1.63 bits per heavy atom. The van der Waals surface area contributed by atoms with Crippen molar-refractivity contribution in [3.05, 3.63) is 59.2 Å². The summed E-state index contributed by atoms with van der Waals surface area (Å²) in [5.74, 6) is -0.0850. The average Bonchev–Trinajstić information content (AvgIpc) is 2.60. The van der Waals surface area contributed by atoms with Gasteiger partial charge in [0.25, 0.3) is 5.91 Å². The Morgan fingerprint density at radius 1 is 0.963 bits per heavy atom. The zero-order valence-electron chi connectivity index (χ0n) is 14.6. The molecule has 0 aliphatic heterocycles. The van der Waals surface area contributed by atoms with Crippen LogP contribution in [0.2, 0.25) is 0 Å². The zero-order chi connectivity index (χ0) is 20.0. The number of anilines is 1. The number of alkyl halides is 3. The monoisotopic (exact) mass is 381 g/mol. The van der Waals surface area contributed by atoms with Gasteiger partial charge in [0, 0.05) is 5.69 Å². The number of urea groups is 1. The fourth-order valence-electron chi connectivity index (χ4n) is 2.02. The highest BCUT2D eigenvalue weighted by Gasteiger charge is 2.29. The van der Waals surface area contributed by atoms with E-state index in [1.165, 1.54) is 0 Å². The fraction of sp³-hybridized carbons (Fsp3) is 0.222. The molecule has 9 heteroatoms. The molecule has 0 aliphatic carbocycles. The normalized spacial score (nSPS) is 10.9. The first-order valence-corrected chi connectivity index (χ1v) is 7.88. The number of ether oxygens (including phenoxy) is 1. The van der Waals surface area contributed by atoms with Gasteiger partial charge >= 0.3 is 12.2 Å². The number of carbonyl (C=O) groups is 2. The summed E-state index contributed by atoms with van der Waals surface area (Å²) in [5, 5.41) is 2.29. The highest BCUT2D eigenvalue weighted by molar-refractivity contribution is 5.91. The van der Waals surface area contributed by atoms with E-state index in [9.17, 15) is 22.8 Å². The molecule has 27 heavy (non-hydrogen) atoms. The van der Waals surface area contributed by atoms with Gasteiger partial charge in [-0.15, -0.1) is 0 Å². The molecule has 0 bridgehead atoms. The van der Waals surface area contributed by atoms with Crippen molar-refractivity contribution in [1.82, 2.24) is 10.9 Å². The Kier molecular flexibility index (Phi) is 6.27. The number of hydrogen-bond donors (Lipinski definition) is 3. The third-order valence-corrected chi connectivity index (χ3v) is 3.63. The van der Waals surface area contributed by atoms with Crippen LogP contribution in [0.25, 0.3) is 0 Å². The number of rotatable bonds is 4. The molecule has 0 radical (unpaired) electrons. The maximum Gasteiger partial charge on any atom is 0.416 e. The minimum Gasteiger partial charge on any atom is -0.484 e. The molecule has 0 fully saturated rings. The van der Waals surface area contributed by atoms with Crippen molar-refractivity contribution in [3.63, 3.8) is 0 Å². The summed E-state index contributed by atoms with van der Waals surface area (Å²) in [5.41, 5.74) is 5.63. The van der Waals surface area contributed by atoms with E-state index in [0.29, 0.717) is 5.75 Å². The van der Waals surface area contributed by atoms with Crippen LogP contribution < -0.4 is 20.9 Å². The number of halogens is 3. The van der Waals surface area contributed by atoms with Crippen molar-refractivity contribution in [2.75, 3.05) is 11.9 Å². The molecule has 0 atom stereocenters. The molecule has 0 saturated carbocycles. The molecule has 0 aromatic heterocycles. The van der Waals surface area contributed by atoms with Crippen LogP contribution in [0.5, 0.6) is 5.75 Å². The lowest BCUT2D eigenvalue weighted by molar-refractivity contribution is -0.137. The predicted octanol–water partition coefficient (Wildman–Crippen LogP) is 3.55. The first-order valence-electron chi connectivity index (χ1n) is 7.88. The molecule has 0 heterocycles. The molecular weight excluding hydrogens is 363 g/mol. The van der Waals surface area contributed by atoms with E-state index in [2.05, 4.69) is 16.2 Å². The van der Waals surface area contributed by atoms with Crippen LogP contribution in [0.15, 0.2) is 42.5 Å². The third-order valence-electron chi connectivity index (χ3n) is 3.63. The molecule has 3 amide bonds. The number of amides is 3. The van der Waals surface area contributed by atoms with Crippen molar-refractivity contribution in [2.45, 2.75) is 20.0 Å². The molecule has 2 rings (SSSR count). The molecule has 3 N–H and O–H groups in total. The Bertz CT molecular complexity index is 821. The van der Waals surface area contributed by atoms with E-state index in [1.807, 2.05) is 19.9 Å². The highest BCUT2D eigenvalue weighted by Crippen LogP contribution is 2.29. The average molecular weight is 381 g/mol. The van der Waals surface area contributed by atoms with Crippen LogP contribution in [-0.4, -0.2) is 18.5 Å². The first-order chi connectivity index (χ1) is 12.6. The molecule has 0 spiro atoms. The second kappa shape index (κ2) is 8.43. The van der Waals surface area contributed by atoms with Gasteiger partial charge in [-0.1, -0.05) is 6.07 Å². The molecular formula is C18H18F3N3O3. The molecule has 2 aromatic rings. The van der Waals surface area contributed by atoms with Crippen LogP contribution >= 0.6 is 0 Å². The van der Waals surface area contributed by atoms with Gasteiger partial charge < -0.3 is 10.1 Å². The van der Waals surface area contributed by atoms with Crippen molar-refractivity contribution in [2.24, 2.45) is 0 Å². The van der Waals surface area contributed by atoms with E-state index >= 15 is 0 Å². The van der Waals surface area contributed by atoms with Crippen LogP contribution in [0, 0.1) is 13.8 Å². The second-order valence-electron chi connectivity index (χ2n) is 5.74. The van der Waals surface area contributed by atoms with Crippen LogP contribution in [0.4, 0.5) is 23.7 Å². The van der Waals surface area contributed by atoms with Gasteiger partial charge in [-0.05, 0) is 61.4 Å². The summed E-state index contributed by atoms with van der Waals surface area (Å²) >= 11 is 0. The van der Waals surface area contributed by atoms with E-state index in [1.54, 1.807) is 12.1 Å². The number of aryl methyl sites for hydroxylation is 2. The number of benzene rings is 2. The van der Waals surface area contributed by atoms with Gasteiger partial charge in [-0.2, -0.15) is 13.2 Å². The number of nitrogens with one attached hydrogen (secondary N) is 3. The summed E-state index contributed by atoms with van der Waals surface area (Å²) in [4.78, 5) is 23.3. The minimum absolute atomic E-state index is 0.140. The summed E-state index contributed by atoms with van der Waals surface area (Å²) in [6, 6.07) is 8.44. The van der Waals surface area contributed by atoms with Crippen molar-refractivity contribution in [1.29, 1.82) is 0 Å². The van der Waals surface area contributed by atoms with Gasteiger partial charge in [-0.3, -0.25) is 10.2 Å². The molecule has 0 saturated heterocycles. The lowest BCUT2D eigenvalue weighted by Crippen LogP contribution is -2.45. The quantitative estimate of drug-likeness (QED) is 0.709. The van der Waals surface area contributed by atoms with Crippen molar-refractivity contribution in [3.8, 4) is 5.75 Å². The van der Waals surface area contributed by atoms with Crippen LogP contribution in [0.1, 0.15) is 16.7 Å². The summed E-state index contributed by atoms with van der Waals surface area (Å²) in [6.07, 6.45) is -4.45. The van der Waals surface area contributed by atoms with E-state index < -0.39 is 23.7 Å². The third kappa shape index (κ3) is 6.21. The first kappa shape index (κ1) is 20.1. The maximum absolute atomic E-state index is 12.5. The van der Waals surface area contributed by atoms with Crippen LogP contribution in [0.3, 0.4) is 0 Å².